The molecule has 1 amide bonds. The van der Waals surface area contributed by atoms with Crippen LogP contribution in [0, 0.1) is 0 Å². The Bertz CT molecular complexity index is 1120. The Labute approximate surface area is 177 Å². The number of benzene rings is 2. The van der Waals surface area contributed by atoms with E-state index in [1.165, 1.54) is 5.56 Å². The largest absolute Gasteiger partial charge is 0.272 e. The Morgan fingerprint density at radius 3 is 2.57 bits per heavy atom. The van der Waals surface area contributed by atoms with E-state index in [0.717, 1.165) is 40.6 Å². The van der Waals surface area contributed by atoms with Crippen molar-refractivity contribution >= 4 is 29.1 Å². The maximum Gasteiger partial charge on any atom is 0.272 e. The molecule has 0 aliphatic heterocycles. The molecule has 4 nitrogen and oxygen atoms in total. The predicted molar refractivity (Wildman–Crippen MR) is 124 cm³/mol. The molecule has 4 rings (SSSR count). The van der Waals surface area contributed by atoms with Gasteiger partial charge in [0.2, 0.25) is 0 Å². The second kappa shape index (κ2) is 8.62. The van der Waals surface area contributed by atoms with Crippen LogP contribution in [0.3, 0.4) is 0 Å². The van der Waals surface area contributed by atoms with Gasteiger partial charge in [0.05, 0.1) is 17.3 Å². The molecule has 1 aromatic heterocycles. The van der Waals surface area contributed by atoms with Crippen LogP contribution in [0.4, 0.5) is 0 Å². The van der Waals surface area contributed by atoms with Crippen molar-refractivity contribution in [2.24, 2.45) is 5.10 Å². The van der Waals surface area contributed by atoms with Gasteiger partial charge in [-0.1, -0.05) is 62.4 Å². The van der Waals surface area contributed by atoms with E-state index >= 15 is 0 Å². The van der Waals surface area contributed by atoms with Crippen LogP contribution in [0.25, 0.3) is 17.0 Å². The van der Waals surface area contributed by atoms with Gasteiger partial charge in [0, 0.05) is 17.0 Å². The van der Waals surface area contributed by atoms with Gasteiger partial charge in [-0.05, 0) is 54.5 Å². The van der Waals surface area contributed by atoms with Crippen molar-refractivity contribution in [1.82, 2.24) is 10.4 Å². The molecular weight excluding hydrogens is 370 g/mol. The lowest BCUT2D eigenvalue weighted by Crippen LogP contribution is -2.18. The van der Waals surface area contributed by atoms with Gasteiger partial charge >= 0.3 is 0 Å². The molecule has 1 saturated carbocycles. The monoisotopic (exact) mass is 397 g/mol. The summed E-state index contributed by atoms with van der Waals surface area (Å²) in [7, 11) is 0. The molecule has 2 aromatic carbocycles. The van der Waals surface area contributed by atoms with Crippen molar-refractivity contribution < 1.29 is 4.79 Å². The quantitative estimate of drug-likeness (QED) is 0.406. The summed E-state index contributed by atoms with van der Waals surface area (Å²) in [6.45, 7) is 6.34. The molecule has 1 aliphatic rings. The number of hydrogen-bond acceptors (Lipinski definition) is 3. The summed E-state index contributed by atoms with van der Waals surface area (Å²) in [4.78, 5) is 17.5. The fourth-order valence-electron chi connectivity index (χ4n) is 3.50. The van der Waals surface area contributed by atoms with Crippen molar-refractivity contribution in [3.05, 3.63) is 82.6 Å². The summed E-state index contributed by atoms with van der Waals surface area (Å²) in [5.41, 5.74) is 8.57. The molecule has 1 N–H and O–H groups in total. The van der Waals surface area contributed by atoms with Gasteiger partial charge in [-0.3, -0.25) is 9.78 Å². The van der Waals surface area contributed by atoms with Crippen molar-refractivity contribution in [1.29, 1.82) is 0 Å². The number of hydrogen-bond donors (Lipinski definition) is 1. The van der Waals surface area contributed by atoms with Crippen LogP contribution in [-0.2, 0) is 0 Å². The number of carbonyl (C=O) groups excluding carboxylic acids is 1. The second-order valence-corrected chi connectivity index (χ2v) is 8.29. The van der Waals surface area contributed by atoms with Crippen molar-refractivity contribution in [3.63, 3.8) is 0 Å². The topological polar surface area (TPSA) is 54.4 Å². The zero-order valence-corrected chi connectivity index (χ0v) is 17.7. The molecule has 0 unspecified atom stereocenters. The van der Waals surface area contributed by atoms with E-state index in [1.54, 1.807) is 6.21 Å². The molecule has 152 valence electrons. The maximum atomic E-state index is 12.8. The summed E-state index contributed by atoms with van der Waals surface area (Å²) in [6, 6.07) is 18.2. The van der Waals surface area contributed by atoms with Crippen LogP contribution in [0.1, 0.15) is 72.6 Å². The number of carbonyl (C=O) groups is 1. The van der Waals surface area contributed by atoms with E-state index in [0.29, 0.717) is 17.4 Å². The molecule has 0 saturated heterocycles. The molecule has 1 fully saturated rings. The maximum absolute atomic E-state index is 12.8. The van der Waals surface area contributed by atoms with Gasteiger partial charge in [-0.2, -0.15) is 5.10 Å². The van der Waals surface area contributed by atoms with Crippen LogP contribution in [0.15, 0.2) is 65.3 Å². The zero-order chi connectivity index (χ0) is 21.1. The molecule has 1 heterocycles. The number of pyridine rings is 1. The van der Waals surface area contributed by atoms with Crippen LogP contribution in [-0.4, -0.2) is 17.1 Å². The highest BCUT2D eigenvalue weighted by Crippen LogP contribution is 2.40. The van der Waals surface area contributed by atoms with Crippen LogP contribution < -0.4 is 5.43 Å². The third kappa shape index (κ3) is 4.65. The Morgan fingerprint density at radius 2 is 1.87 bits per heavy atom. The molecule has 0 spiro atoms. The third-order valence-electron chi connectivity index (χ3n) is 5.41. The first-order valence-corrected chi connectivity index (χ1v) is 10.5. The molecular formula is C26H27N3O. The van der Waals surface area contributed by atoms with Gasteiger partial charge in [-0.25, -0.2) is 5.43 Å². The number of nitrogens with zero attached hydrogens (tertiary/aromatic N) is 2. The summed E-state index contributed by atoms with van der Waals surface area (Å²) in [6.07, 6.45) is 6.02. The first kappa shape index (κ1) is 20.0. The smallest absolute Gasteiger partial charge is 0.267 e. The zero-order valence-electron chi connectivity index (χ0n) is 17.7. The van der Waals surface area contributed by atoms with E-state index in [4.69, 9.17) is 4.98 Å². The van der Waals surface area contributed by atoms with Crippen LogP contribution in [0.2, 0.25) is 0 Å². The summed E-state index contributed by atoms with van der Waals surface area (Å²) in [5.74, 6) is 0.795. The van der Waals surface area contributed by atoms with Gasteiger partial charge in [0.25, 0.3) is 5.91 Å². The van der Waals surface area contributed by atoms with Gasteiger partial charge in [0.15, 0.2) is 0 Å². The number of fused-ring (bicyclic) bond motifs is 1. The number of nitrogens with one attached hydrogen (secondary N) is 1. The van der Waals surface area contributed by atoms with E-state index in [1.807, 2.05) is 43.3 Å². The molecule has 1 aliphatic carbocycles. The lowest BCUT2D eigenvalue weighted by Gasteiger charge is -2.08. The minimum absolute atomic E-state index is 0.208. The molecule has 30 heavy (non-hydrogen) atoms. The summed E-state index contributed by atoms with van der Waals surface area (Å²) < 4.78 is 0. The Hall–Kier alpha value is -3.27. The normalized spacial score (nSPS) is 14.6. The highest BCUT2D eigenvalue weighted by Gasteiger charge is 2.26. The lowest BCUT2D eigenvalue weighted by molar-refractivity contribution is 0.0956. The molecule has 0 radical (unpaired) electrons. The Kier molecular flexibility index (Phi) is 5.75. The van der Waals surface area contributed by atoms with Gasteiger partial charge in [0.1, 0.15) is 0 Å². The van der Waals surface area contributed by atoms with Crippen LogP contribution >= 0.6 is 0 Å². The Balaban J connectivity index is 1.48. The van der Waals surface area contributed by atoms with E-state index in [9.17, 15) is 4.79 Å². The SMILES string of the molecule is CC(C=NNC(=O)c1cc(C2CC2)nc2ccccc12)=Cc1ccc(C(C)C)cc1. The minimum Gasteiger partial charge on any atom is -0.267 e. The third-order valence-corrected chi connectivity index (χ3v) is 5.41. The van der Waals surface area contributed by atoms with Crippen molar-refractivity contribution in [2.75, 3.05) is 0 Å². The van der Waals surface area contributed by atoms with Crippen molar-refractivity contribution in [3.8, 4) is 0 Å². The molecule has 0 atom stereocenters. The lowest BCUT2D eigenvalue weighted by atomic mass is 10.0. The fourth-order valence-corrected chi connectivity index (χ4v) is 3.50. The number of amides is 1. The van der Waals surface area contributed by atoms with Crippen molar-refractivity contribution in [2.45, 2.75) is 45.4 Å². The first-order chi connectivity index (χ1) is 14.5. The fraction of sp³-hybridized carbons (Fsp3) is 0.269. The summed E-state index contributed by atoms with van der Waals surface area (Å²) in [5, 5.41) is 5.03. The second-order valence-electron chi connectivity index (χ2n) is 8.29. The molecule has 4 heteroatoms. The number of rotatable bonds is 6. The number of allylic oxidation sites excluding steroid dienone is 1. The number of hydrazone groups is 1. The van der Waals surface area contributed by atoms with Crippen LogP contribution in [0.5, 0.6) is 0 Å². The molecule has 0 bridgehead atoms. The number of para-hydroxylation sites is 1. The van der Waals surface area contributed by atoms with E-state index in [-0.39, 0.29) is 5.91 Å². The Morgan fingerprint density at radius 1 is 1.13 bits per heavy atom. The number of aromatic nitrogens is 1. The van der Waals surface area contributed by atoms with Gasteiger partial charge in [-0.15, -0.1) is 0 Å². The average molecular weight is 398 g/mol. The summed E-state index contributed by atoms with van der Waals surface area (Å²) >= 11 is 0. The molecule has 3 aromatic rings. The minimum atomic E-state index is -0.208. The standard InChI is InChI=1S/C26H27N3O/c1-17(2)20-10-8-19(9-11-20)14-18(3)16-27-29-26(30)23-15-25(21-12-13-21)28-24-7-5-4-6-22(23)24/h4-11,14-17,21H,12-13H2,1-3H3,(H,29,30). The highest BCUT2D eigenvalue weighted by molar-refractivity contribution is 6.06. The highest BCUT2D eigenvalue weighted by atomic mass is 16.2. The van der Waals surface area contributed by atoms with E-state index < -0.39 is 0 Å². The average Bonchev–Trinajstić information content (AvgIpc) is 3.58. The first-order valence-electron chi connectivity index (χ1n) is 10.5. The van der Waals surface area contributed by atoms with Gasteiger partial charge < -0.3 is 0 Å². The van der Waals surface area contributed by atoms with E-state index in [2.05, 4.69) is 48.6 Å². The predicted octanol–water partition coefficient (Wildman–Crippen LogP) is 6.05.